The van der Waals surface area contributed by atoms with E-state index in [0.29, 0.717) is 18.3 Å². The van der Waals surface area contributed by atoms with Gasteiger partial charge < -0.3 is 9.09 Å². The van der Waals surface area contributed by atoms with Gasteiger partial charge in [-0.2, -0.15) is 4.98 Å². The van der Waals surface area contributed by atoms with Crippen LogP contribution in [0, 0.1) is 5.92 Å². The molecule has 2 aromatic rings. The summed E-state index contributed by atoms with van der Waals surface area (Å²) >= 11 is 0. The Labute approximate surface area is 105 Å². The van der Waals surface area contributed by atoms with Gasteiger partial charge in [-0.15, -0.1) is 0 Å². The average molecular weight is 245 g/mol. The minimum absolute atomic E-state index is 0.258. The van der Waals surface area contributed by atoms with Crippen molar-refractivity contribution in [3.8, 4) is 0 Å². The highest BCUT2D eigenvalue weighted by Crippen LogP contribution is 2.32. The standard InChI is InChI=1S/C13H15N3O2/c1-2-11-14-12(18-15-11)8-16-6-5-10(7-16)13(17)9-3-4-9/h5-7,9H,2-4,8H2,1H3. The minimum Gasteiger partial charge on any atom is -0.344 e. The van der Waals surface area contributed by atoms with Crippen LogP contribution in [0.3, 0.4) is 0 Å². The van der Waals surface area contributed by atoms with Gasteiger partial charge in [-0.3, -0.25) is 4.79 Å². The van der Waals surface area contributed by atoms with E-state index in [4.69, 9.17) is 4.52 Å². The molecular formula is C13H15N3O2. The highest BCUT2D eigenvalue weighted by atomic mass is 16.5. The van der Waals surface area contributed by atoms with Crippen molar-refractivity contribution in [1.29, 1.82) is 0 Å². The van der Waals surface area contributed by atoms with Gasteiger partial charge in [-0.05, 0) is 18.9 Å². The van der Waals surface area contributed by atoms with Crippen molar-refractivity contribution in [2.45, 2.75) is 32.7 Å². The molecule has 18 heavy (non-hydrogen) atoms. The summed E-state index contributed by atoms with van der Waals surface area (Å²) in [6.45, 7) is 2.50. The highest BCUT2D eigenvalue weighted by Gasteiger charge is 2.30. The summed E-state index contributed by atoms with van der Waals surface area (Å²) in [5, 5.41) is 3.84. The van der Waals surface area contributed by atoms with E-state index in [1.165, 1.54) is 0 Å². The Balaban J connectivity index is 1.71. The van der Waals surface area contributed by atoms with Crippen LogP contribution in [0.1, 0.15) is 41.8 Å². The molecular weight excluding hydrogens is 230 g/mol. The number of nitrogens with zero attached hydrogens (tertiary/aromatic N) is 3. The van der Waals surface area contributed by atoms with Crippen LogP contribution in [-0.2, 0) is 13.0 Å². The molecule has 0 radical (unpaired) electrons. The van der Waals surface area contributed by atoms with Crippen LogP contribution in [0.5, 0.6) is 0 Å². The molecule has 0 N–H and O–H groups in total. The van der Waals surface area contributed by atoms with Gasteiger partial charge in [0.2, 0.25) is 5.89 Å². The summed E-state index contributed by atoms with van der Waals surface area (Å²) in [6, 6.07) is 1.86. The van der Waals surface area contributed by atoms with Crippen molar-refractivity contribution in [2.24, 2.45) is 5.92 Å². The molecule has 1 saturated carbocycles. The number of hydrogen-bond acceptors (Lipinski definition) is 4. The Morgan fingerprint density at radius 1 is 1.56 bits per heavy atom. The molecule has 0 amide bonds. The zero-order valence-corrected chi connectivity index (χ0v) is 10.3. The first-order chi connectivity index (χ1) is 8.76. The number of aryl methyl sites for hydroxylation is 1. The summed E-state index contributed by atoms with van der Waals surface area (Å²) in [5.74, 6) is 1.81. The SMILES string of the molecule is CCc1noc(Cn2ccc(C(=O)C3CC3)c2)n1. The monoisotopic (exact) mass is 245 g/mol. The number of rotatable bonds is 5. The maximum Gasteiger partial charge on any atom is 0.246 e. The third-order valence-electron chi connectivity index (χ3n) is 3.13. The lowest BCUT2D eigenvalue weighted by molar-refractivity contribution is 0.0967. The zero-order chi connectivity index (χ0) is 12.5. The lowest BCUT2D eigenvalue weighted by Gasteiger charge is -1.96. The van der Waals surface area contributed by atoms with E-state index in [0.717, 1.165) is 24.8 Å². The summed E-state index contributed by atoms with van der Waals surface area (Å²) in [7, 11) is 0. The molecule has 0 spiro atoms. The second kappa shape index (κ2) is 4.40. The van der Waals surface area contributed by atoms with Crippen LogP contribution in [-0.4, -0.2) is 20.5 Å². The third-order valence-corrected chi connectivity index (χ3v) is 3.13. The van der Waals surface area contributed by atoms with E-state index >= 15 is 0 Å². The molecule has 0 saturated heterocycles. The van der Waals surface area contributed by atoms with Crippen LogP contribution >= 0.6 is 0 Å². The van der Waals surface area contributed by atoms with E-state index in [1.807, 2.05) is 30.0 Å². The van der Waals surface area contributed by atoms with Crippen LogP contribution in [0.25, 0.3) is 0 Å². The lowest BCUT2D eigenvalue weighted by Crippen LogP contribution is -2.01. The fraction of sp³-hybridized carbons (Fsp3) is 0.462. The van der Waals surface area contributed by atoms with Gasteiger partial charge >= 0.3 is 0 Å². The van der Waals surface area contributed by atoms with Crippen molar-refractivity contribution < 1.29 is 9.32 Å². The van der Waals surface area contributed by atoms with E-state index in [9.17, 15) is 4.79 Å². The molecule has 5 heteroatoms. The maximum absolute atomic E-state index is 11.9. The van der Waals surface area contributed by atoms with E-state index in [2.05, 4.69) is 10.1 Å². The summed E-state index contributed by atoms with van der Waals surface area (Å²) < 4.78 is 7.03. The molecule has 1 fully saturated rings. The number of hydrogen-bond donors (Lipinski definition) is 0. The molecule has 2 heterocycles. The molecule has 2 aromatic heterocycles. The number of aromatic nitrogens is 3. The quantitative estimate of drug-likeness (QED) is 0.756. The molecule has 0 unspecified atom stereocenters. The molecule has 3 rings (SSSR count). The summed E-state index contributed by atoms with van der Waals surface area (Å²) in [4.78, 5) is 16.1. The molecule has 1 aliphatic rings. The Kier molecular flexibility index (Phi) is 2.74. The second-order valence-electron chi connectivity index (χ2n) is 4.67. The number of carbonyl (C=O) groups excluding carboxylic acids is 1. The van der Waals surface area contributed by atoms with Crippen LogP contribution < -0.4 is 0 Å². The van der Waals surface area contributed by atoms with Gasteiger partial charge in [-0.1, -0.05) is 12.1 Å². The number of ketones is 1. The van der Waals surface area contributed by atoms with Gasteiger partial charge in [-0.25, -0.2) is 0 Å². The van der Waals surface area contributed by atoms with Gasteiger partial charge in [0.1, 0.15) is 6.54 Å². The highest BCUT2D eigenvalue weighted by molar-refractivity contribution is 5.99. The normalized spacial score (nSPS) is 14.9. The Morgan fingerprint density at radius 2 is 2.39 bits per heavy atom. The summed E-state index contributed by atoms with van der Waals surface area (Å²) in [6.07, 6.45) is 6.57. The Bertz CT molecular complexity index is 566. The van der Waals surface area contributed by atoms with Crippen molar-refractivity contribution in [3.63, 3.8) is 0 Å². The van der Waals surface area contributed by atoms with Gasteiger partial charge in [0.25, 0.3) is 0 Å². The van der Waals surface area contributed by atoms with Gasteiger partial charge in [0.15, 0.2) is 11.6 Å². The Hall–Kier alpha value is -1.91. The van der Waals surface area contributed by atoms with Gasteiger partial charge in [0.05, 0.1) is 0 Å². The fourth-order valence-corrected chi connectivity index (χ4v) is 1.92. The van der Waals surface area contributed by atoms with Gasteiger partial charge in [0, 0.05) is 30.3 Å². The van der Waals surface area contributed by atoms with Crippen LogP contribution in [0.4, 0.5) is 0 Å². The molecule has 5 nitrogen and oxygen atoms in total. The molecule has 94 valence electrons. The van der Waals surface area contributed by atoms with Crippen molar-refractivity contribution in [1.82, 2.24) is 14.7 Å². The first kappa shape index (κ1) is 11.2. The lowest BCUT2D eigenvalue weighted by atomic mass is 10.1. The van der Waals surface area contributed by atoms with Crippen molar-refractivity contribution in [3.05, 3.63) is 35.7 Å². The smallest absolute Gasteiger partial charge is 0.246 e. The topological polar surface area (TPSA) is 60.9 Å². The Morgan fingerprint density at radius 3 is 3.06 bits per heavy atom. The third kappa shape index (κ3) is 2.20. The fourth-order valence-electron chi connectivity index (χ4n) is 1.92. The van der Waals surface area contributed by atoms with Crippen LogP contribution in [0.2, 0.25) is 0 Å². The first-order valence-electron chi connectivity index (χ1n) is 6.27. The van der Waals surface area contributed by atoms with E-state index in [-0.39, 0.29) is 11.7 Å². The second-order valence-corrected chi connectivity index (χ2v) is 4.67. The average Bonchev–Trinajstić information content (AvgIpc) is 2.96. The minimum atomic E-state index is 0.258. The zero-order valence-electron chi connectivity index (χ0n) is 10.3. The van der Waals surface area contributed by atoms with Crippen molar-refractivity contribution in [2.75, 3.05) is 0 Å². The largest absolute Gasteiger partial charge is 0.344 e. The maximum atomic E-state index is 11.9. The van der Waals surface area contributed by atoms with Crippen LogP contribution in [0.15, 0.2) is 23.0 Å². The molecule has 1 aliphatic carbocycles. The van der Waals surface area contributed by atoms with E-state index in [1.54, 1.807) is 0 Å². The predicted molar refractivity (Wildman–Crippen MR) is 64.3 cm³/mol. The summed E-state index contributed by atoms with van der Waals surface area (Å²) in [5.41, 5.74) is 0.785. The molecule has 0 atom stereocenters. The number of carbonyl (C=O) groups is 1. The van der Waals surface area contributed by atoms with E-state index < -0.39 is 0 Å². The molecule has 0 bridgehead atoms. The number of Topliss-reactive ketones (excluding diaryl/α,β-unsaturated/α-hetero) is 1. The molecule has 0 aliphatic heterocycles. The first-order valence-corrected chi connectivity index (χ1v) is 6.27. The van der Waals surface area contributed by atoms with Crippen molar-refractivity contribution >= 4 is 5.78 Å². The predicted octanol–water partition coefficient (Wildman–Crippen LogP) is 2.07. The molecule has 0 aromatic carbocycles.